The van der Waals surface area contributed by atoms with E-state index >= 15 is 0 Å². The fraction of sp³-hybridized carbons (Fsp3) is 0.290. The van der Waals surface area contributed by atoms with E-state index < -0.39 is 21.6 Å². The molecule has 2 aliphatic heterocycles. The van der Waals surface area contributed by atoms with Crippen molar-refractivity contribution in [2.75, 3.05) is 114 Å². The highest BCUT2D eigenvalue weighted by Gasteiger charge is 2.19. The molecule has 2 saturated heterocycles. The molecule has 0 atom stereocenters. The molecular weight excluding hydrogens is 1120 g/mol. The Hall–Kier alpha value is -8.37. The van der Waals surface area contributed by atoms with Gasteiger partial charge in [-0.2, -0.15) is 10.5 Å². The minimum atomic E-state index is -0.675. The van der Waals surface area contributed by atoms with Crippen molar-refractivity contribution in [1.82, 2.24) is 20.2 Å². The van der Waals surface area contributed by atoms with Crippen LogP contribution in [0.4, 0.5) is 22.7 Å². The third kappa shape index (κ3) is 16.9. The fourth-order valence-corrected chi connectivity index (χ4v) is 10.9. The van der Waals surface area contributed by atoms with E-state index in [4.69, 9.17) is 49.5 Å². The Labute approximate surface area is 493 Å². The lowest BCUT2D eigenvalue weighted by molar-refractivity contribution is 0.241. The molecule has 2 aromatic heterocycles. The van der Waals surface area contributed by atoms with E-state index in [0.29, 0.717) is 117 Å². The maximum absolute atomic E-state index is 11.6. The number of nitriles is 2. The number of nitrogens with one attached hydrogen (secondary N) is 3. The normalized spacial score (nSPS) is 13.4. The lowest BCUT2D eigenvalue weighted by atomic mass is 10.1. The Kier molecular flexibility index (Phi) is 22.8. The molecule has 0 unspecified atom stereocenters. The number of benzene rings is 6. The molecule has 4 heterocycles. The highest BCUT2D eigenvalue weighted by Crippen LogP contribution is 2.40. The quantitative estimate of drug-likeness (QED) is 0.0450. The Morgan fingerprint density at radius 1 is 0.554 bits per heavy atom. The number of anilines is 4. The molecular formula is C62H65ClN8O10S2. The number of hydrogen-bond acceptors (Lipinski definition) is 18. The Balaban J connectivity index is 0.000000196. The van der Waals surface area contributed by atoms with E-state index in [2.05, 4.69) is 43.0 Å². The summed E-state index contributed by atoms with van der Waals surface area (Å²) >= 11 is 5.76. The van der Waals surface area contributed by atoms with Gasteiger partial charge < -0.3 is 58.7 Å². The molecule has 0 aliphatic carbocycles. The Morgan fingerprint density at radius 2 is 0.976 bits per heavy atom. The molecule has 10 rings (SSSR count). The van der Waals surface area contributed by atoms with Crippen molar-refractivity contribution in [3.8, 4) is 69.6 Å². The molecule has 0 saturated carbocycles. The minimum absolute atomic E-state index is 0.407. The highest BCUT2D eigenvalue weighted by molar-refractivity contribution is 7.85. The second kappa shape index (κ2) is 31.2. The average Bonchev–Trinajstić information content (AvgIpc) is 3.63. The molecule has 0 amide bonds. The van der Waals surface area contributed by atoms with Gasteiger partial charge in [-0.1, -0.05) is 24.3 Å². The number of fused-ring (bicyclic) bond motifs is 2. The predicted molar refractivity (Wildman–Crippen MR) is 328 cm³/mol. The number of ether oxygens (including phenoxy) is 8. The van der Waals surface area contributed by atoms with Crippen LogP contribution in [-0.4, -0.2) is 127 Å². The van der Waals surface area contributed by atoms with Gasteiger partial charge in [-0.25, -0.2) is 0 Å². The number of halogens is 1. The van der Waals surface area contributed by atoms with E-state index in [-0.39, 0.29) is 0 Å². The second-order valence-electron chi connectivity index (χ2n) is 18.5. The lowest BCUT2D eigenvalue weighted by Gasteiger charge is -2.25. The van der Waals surface area contributed by atoms with Crippen LogP contribution in [0.25, 0.3) is 21.8 Å². The third-order valence-electron chi connectivity index (χ3n) is 13.1. The van der Waals surface area contributed by atoms with Gasteiger partial charge in [-0.3, -0.25) is 18.4 Å². The number of pyridine rings is 2. The van der Waals surface area contributed by atoms with Gasteiger partial charge in [0.05, 0.1) is 75.2 Å². The first-order valence-electron chi connectivity index (χ1n) is 26.8. The summed E-state index contributed by atoms with van der Waals surface area (Å²) in [4.78, 5) is 11.3. The molecule has 432 valence electrons. The molecule has 0 spiro atoms. The maximum Gasteiger partial charge on any atom is 0.169 e. The summed E-state index contributed by atoms with van der Waals surface area (Å²) in [5, 5.41) is 30.8. The van der Waals surface area contributed by atoms with Crippen LogP contribution in [0.15, 0.2) is 134 Å². The minimum Gasteiger partial charge on any atom is -0.493 e. The molecule has 3 N–H and O–H groups in total. The summed E-state index contributed by atoms with van der Waals surface area (Å²) in [6.45, 7) is 5.49. The summed E-state index contributed by atoms with van der Waals surface area (Å²) in [7, 11) is 5.20. The zero-order chi connectivity index (χ0) is 58.3. The summed E-state index contributed by atoms with van der Waals surface area (Å²) in [6, 6.07) is 41.5. The summed E-state index contributed by atoms with van der Waals surface area (Å²) in [6.07, 6.45) is 4.66. The molecule has 8 aromatic rings. The second-order valence-corrected chi connectivity index (χ2v) is 22.3. The molecule has 0 radical (unpaired) electrons. The first-order chi connectivity index (χ1) is 40.6. The smallest absolute Gasteiger partial charge is 0.169 e. The van der Waals surface area contributed by atoms with Gasteiger partial charge in [-0.15, -0.1) is 11.6 Å². The molecule has 18 nitrogen and oxygen atoms in total. The number of methoxy groups -OCH3 is 4. The van der Waals surface area contributed by atoms with Gasteiger partial charge in [-0.05, 0) is 97.8 Å². The molecule has 6 aromatic carbocycles. The lowest BCUT2D eigenvalue weighted by Crippen LogP contribution is -2.38. The molecule has 83 heavy (non-hydrogen) atoms. The van der Waals surface area contributed by atoms with Crippen LogP contribution in [0.5, 0.6) is 57.5 Å². The molecule has 2 aliphatic rings. The van der Waals surface area contributed by atoms with Crippen molar-refractivity contribution < 1.29 is 46.3 Å². The van der Waals surface area contributed by atoms with E-state index in [1.54, 1.807) is 46.9 Å². The van der Waals surface area contributed by atoms with E-state index in [9.17, 15) is 18.9 Å². The number of rotatable bonds is 21. The Morgan fingerprint density at radius 3 is 1.37 bits per heavy atom. The number of nitrogens with zero attached hydrogens (tertiary/aromatic N) is 5. The van der Waals surface area contributed by atoms with E-state index in [1.165, 1.54) is 0 Å². The zero-order valence-corrected chi connectivity index (χ0v) is 49.0. The maximum atomic E-state index is 11.6. The van der Waals surface area contributed by atoms with Crippen LogP contribution in [0.1, 0.15) is 24.0 Å². The fourth-order valence-electron chi connectivity index (χ4n) is 8.75. The first-order valence-corrected chi connectivity index (χ1v) is 30.3. The van der Waals surface area contributed by atoms with Crippen molar-refractivity contribution in [3.05, 3.63) is 145 Å². The van der Waals surface area contributed by atoms with Crippen LogP contribution in [-0.2, 0) is 21.6 Å². The van der Waals surface area contributed by atoms with Gasteiger partial charge in [0.15, 0.2) is 46.0 Å². The number of para-hydroxylation sites is 4. The first kappa shape index (κ1) is 60.7. The van der Waals surface area contributed by atoms with Crippen LogP contribution >= 0.6 is 11.6 Å². The summed E-state index contributed by atoms with van der Waals surface area (Å²) in [5.74, 6) is 9.82. The zero-order valence-electron chi connectivity index (χ0n) is 46.6. The van der Waals surface area contributed by atoms with Crippen LogP contribution < -0.4 is 53.8 Å². The van der Waals surface area contributed by atoms with Gasteiger partial charge in [0.2, 0.25) is 0 Å². The predicted octanol–water partition coefficient (Wildman–Crippen LogP) is 11.5. The van der Waals surface area contributed by atoms with Gasteiger partial charge >= 0.3 is 0 Å². The van der Waals surface area contributed by atoms with Crippen LogP contribution in [0.2, 0.25) is 0 Å². The van der Waals surface area contributed by atoms with Crippen LogP contribution in [0.3, 0.4) is 0 Å². The summed E-state index contributed by atoms with van der Waals surface area (Å²) < 4.78 is 67.8. The average molecular weight is 1180 g/mol. The third-order valence-corrected chi connectivity index (χ3v) is 15.9. The monoisotopic (exact) mass is 1180 g/mol. The topological polar surface area (TPSA) is 221 Å². The largest absolute Gasteiger partial charge is 0.493 e. The van der Waals surface area contributed by atoms with Crippen molar-refractivity contribution in [2.45, 2.75) is 12.8 Å². The van der Waals surface area contributed by atoms with Crippen molar-refractivity contribution in [2.24, 2.45) is 0 Å². The van der Waals surface area contributed by atoms with Gasteiger partial charge in [0.25, 0.3) is 0 Å². The number of alkyl halides is 1. The van der Waals surface area contributed by atoms with Crippen LogP contribution in [0, 0.1) is 22.7 Å². The standard InChI is InChI=1S/C31H32N4O5S.C27H24ClN3O4.C4H9NOS/c1-37-27-6-3-4-7-28(27)40-24-10-8-23(9-11-24)34-31-22(20-32)21-33-26-19-30(29(38-2)18-25(26)31)39-15-5-12-35-13-16-41(36)17-14-35;1-32-23-6-3-4-7-24(23)35-20-10-8-19(9-11-20)31-27-18(16-29)17-30-22-15-26(34-13-5-12-28)25(33-2)14-21(22)27;6-7-3-1-5-2-4-7/h3-4,6-11,18-19,21H,5,12-17H2,1-2H3,(H,33,34);3-4,6-11,14-15,17H,5,12-13H2,1-2H3,(H,30,31);5H,1-4H2. The van der Waals surface area contributed by atoms with Gasteiger partial charge in [0, 0.05) is 130 Å². The summed E-state index contributed by atoms with van der Waals surface area (Å²) in [5.41, 5.74) is 4.98. The van der Waals surface area contributed by atoms with Gasteiger partial charge in [0.1, 0.15) is 23.6 Å². The number of hydrogen-bond donors (Lipinski definition) is 3. The Bertz CT molecular complexity index is 3570. The highest BCUT2D eigenvalue weighted by atomic mass is 35.5. The SMILES string of the molecule is COc1cc2c(Nc3ccc(Oc4ccccc4OC)cc3)c(C#N)cnc2cc1OCCCCl.COc1cc2c(Nc3ccc(Oc4ccccc4OC)cc3)c(C#N)cnc2cc1OCCCN1CCS(=O)CC1.O=S1CCNCC1. The van der Waals surface area contributed by atoms with Crippen molar-refractivity contribution in [1.29, 1.82) is 10.5 Å². The number of aromatic nitrogens is 2. The van der Waals surface area contributed by atoms with Crippen molar-refractivity contribution in [3.63, 3.8) is 0 Å². The molecule has 21 heteroatoms. The van der Waals surface area contributed by atoms with E-state index in [1.807, 2.05) is 115 Å². The van der Waals surface area contributed by atoms with E-state index in [0.717, 1.165) is 84.3 Å². The van der Waals surface area contributed by atoms with Crippen molar-refractivity contribution >= 4 is 77.8 Å². The molecule has 2 fully saturated rings. The molecule has 0 bridgehead atoms.